The molecule has 3 nitrogen and oxygen atoms in total. The van der Waals surface area contributed by atoms with Gasteiger partial charge in [-0.2, -0.15) is 0 Å². The molecule has 1 N–H and O–H groups in total. The first kappa shape index (κ1) is 16.1. The molecular weight excluding hydrogens is 286 g/mol. The minimum absolute atomic E-state index is 0.0876. The Hall–Kier alpha value is -2.27. The molecule has 0 aliphatic carbocycles. The monoisotopic (exact) mass is 304 g/mol. The van der Waals surface area contributed by atoms with Gasteiger partial charge in [0.05, 0.1) is 12.2 Å². The van der Waals surface area contributed by atoms with Gasteiger partial charge in [-0.15, -0.1) is 0 Å². The van der Waals surface area contributed by atoms with E-state index in [2.05, 4.69) is 5.32 Å². The van der Waals surface area contributed by atoms with Crippen molar-refractivity contribution in [1.82, 2.24) is 4.90 Å². The summed E-state index contributed by atoms with van der Waals surface area (Å²) in [6.07, 6.45) is 0. The van der Waals surface area contributed by atoms with Crippen LogP contribution in [-0.2, 0) is 11.3 Å². The maximum absolute atomic E-state index is 13.5. The number of amides is 1. The molecule has 0 saturated carbocycles. The van der Waals surface area contributed by atoms with Crippen LogP contribution in [0.1, 0.15) is 11.1 Å². The predicted octanol–water partition coefficient (Wildman–Crippen LogP) is 3.34. The highest BCUT2D eigenvalue weighted by atomic mass is 19.1. The number of benzene rings is 2. The summed E-state index contributed by atoms with van der Waals surface area (Å²) in [7, 11) is 1.80. The first-order chi connectivity index (χ1) is 10.5. The van der Waals surface area contributed by atoms with Crippen molar-refractivity contribution in [3.8, 4) is 0 Å². The quantitative estimate of drug-likeness (QED) is 0.919. The lowest BCUT2D eigenvalue weighted by Gasteiger charge is -2.17. The minimum Gasteiger partial charge on any atom is -0.322 e. The fourth-order valence-corrected chi connectivity index (χ4v) is 2.16. The zero-order valence-corrected chi connectivity index (χ0v) is 12.6. The maximum atomic E-state index is 13.5. The molecule has 2 aromatic rings. The molecule has 2 aromatic carbocycles. The Bertz CT molecular complexity index is 673. The second kappa shape index (κ2) is 7.13. The van der Waals surface area contributed by atoms with Crippen molar-refractivity contribution in [2.45, 2.75) is 13.5 Å². The Balaban J connectivity index is 1.94. The van der Waals surface area contributed by atoms with Crippen LogP contribution in [0.5, 0.6) is 0 Å². The second-order valence-electron chi connectivity index (χ2n) is 5.27. The van der Waals surface area contributed by atoms with Crippen LogP contribution >= 0.6 is 0 Å². The lowest BCUT2D eigenvalue weighted by Crippen LogP contribution is -2.30. The molecule has 0 aromatic heterocycles. The number of likely N-dealkylation sites (N-methyl/N-ethyl adjacent to an activating group) is 1. The normalized spacial score (nSPS) is 10.8. The fourth-order valence-electron chi connectivity index (χ4n) is 2.16. The highest BCUT2D eigenvalue weighted by Gasteiger charge is 2.11. The Kier molecular flexibility index (Phi) is 5.22. The SMILES string of the molecule is Cc1ccccc1CN(C)CC(=O)Nc1cc(F)ccc1F. The molecule has 0 heterocycles. The van der Waals surface area contributed by atoms with Gasteiger partial charge in [-0.1, -0.05) is 24.3 Å². The van der Waals surface area contributed by atoms with Gasteiger partial charge in [0.15, 0.2) is 0 Å². The number of hydrogen-bond donors (Lipinski definition) is 1. The number of carbonyl (C=O) groups is 1. The van der Waals surface area contributed by atoms with E-state index in [1.54, 1.807) is 7.05 Å². The highest BCUT2D eigenvalue weighted by molar-refractivity contribution is 5.92. The summed E-state index contributed by atoms with van der Waals surface area (Å²) in [5, 5.41) is 2.39. The van der Waals surface area contributed by atoms with E-state index in [1.165, 1.54) is 0 Å². The van der Waals surface area contributed by atoms with E-state index in [9.17, 15) is 13.6 Å². The summed E-state index contributed by atoms with van der Waals surface area (Å²) in [6, 6.07) is 10.9. The Morgan fingerprint density at radius 3 is 2.64 bits per heavy atom. The molecule has 2 rings (SSSR count). The van der Waals surface area contributed by atoms with Gasteiger partial charge in [0.2, 0.25) is 5.91 Å². The summed E-state index contributed by atoms with van der Waals surface area (Å²) >= 11 is 0. The number of nitrogens with one attached hydrogen (secondary N) is 1. The molecule has 0 aliphatic heterocycles. The molecule has 0 spiro atoms. The summed E-state index contributed by atoms with van der Waals surface area (Å²) < 4.78 is 26.5. The number of nitrogens with zero attached hydrogens (tertiary/aromatic N) is 1. The van der Waals surface area contributed by atoms with Crippen LogP contribution in [0.25, 0.3) is 0 Å². The van der Waals surface area contributed by atoms with Gasteiger partial charge >= 0.3 is 0 Å². The summed E-state index contributed by atoms with van der Waals surface area (Å²) in [4.78, 5) is 13.7. The summed E-state index contributed by atoms with van der Waals surface area (Å²) in [5.41, 5.74) is 2.12. The van der Waals surface area contributed by atoms with Crippen molar-refractivity contribution in [3.63, 3.8) is 0 Å². The van der Waals surface area contributed by atoms with E-state index >= 15 is 0 Å². The third-order valence-electron chi connectivity index (χ3n) is 3.32. The van der Waals surface area contributed by atoms with Crippen molar-refractivity contribution in [2.24, 2.45) is 0 Å². The lowest BCUT2D eigenvalue weighted by atomic mass is 10.1. The molecule has 0 radical (unpaired) electrons. The highest BCUT2D eigenvalue weighted by Crippen LogP contribution is 2.15. The number of anilines is 1. The van der Waals surface area contributed by atoms with Gasteiger partial charge in [-0.25, -0.2) is 8.78 Å². The Morgan fingerprint density at radius 2 is 1.91 bits per heavy atom. The molecule has 0 unspecified atom stereocenters. The number of hydrogen-bond acceptors (Lipinski definition) is 2. The van der Waals surface area contributed by atoms with E-state index < -0.39 is 11.6 Å². The molecule has 1 amide bonds. The number of aryl methyl sites for hydroxylation is 1. The van der Waals surface area contributed by atoms with Crippen LogP contribution < -0.4 is 5.32 Å². The van der Waals surface area contributed by atoms with Gasteiger partial charge in [0.1, 0.15) is 11.6 Å². The van der Waals surface area contributed by atoms with Gasteiger partial charge < -0.3 is 5.32 Å². The van der Waals surface area contributed by atoms with Crippen LogP contribution in [0.2, 0.25) is 0 Å². The molecule has 22 heavy (non-hydrogen) atoms. The third kappa shape index (κ3) is 4.36. The van der Waals surface area contributed by atoms with Gasteiger partial charge in [0, 0.05) is 12.6 Å². The smallest absolute Gasteiger partial charge is 0.238 e. The Labute approximate surface area is 128 Å². The molecule has 0 fully saturated rings. The first-order valence-electron chi connectivity index (χ1n) is 6.93. The van der Waals surface area contributed by atoms with Gasteiger partial charge in [0.25, 0.3) is 0 Å². The molecule has 5 heteroatoms. The molecule has 0 aliphatic rings. The molecular formula is C17H18F2N2O. The van der Waals surface area contributed by atoms with E-state index in [4.69, 9.17) is 0 Å². The van der Waals surface area contributed by atoms with E-state index in [-0.39, 0.29) is 18.1 Å². The standard InChI is InChI=1S/C17H18F2N2O/c1-12-5-3-4-6-13(12)10-21(2)11-17(22)20-16-9-14(18)7-8-15(16)19/h3-9H,10-11H2,1-2H3,(H,20,22). The number of halogens is 2. The van der Waals surface area contributed by atoms with Crippen molar-refractivity contribution in [3.05, 3.63) is 65.2 Å². The fraction of sp³-hybridized carbons (Fsp3) is 0.235. The average Bonchev–Trinajstić information content (AvgIpc) is 2.45. The largest absolute Gasteiger partial charge is 0.322 e. The molecule has 0 atom stereocenters. The van der Waals surface area contributed by atoms with Crippen LogP contribution in [0.3, 0.4) is 0 Å². The second-order valence-corrected chi connectivity index (χ2v) is 5.27. The van der Waals surface area contributed by atoms with Crippen molar-refractivity contribution in [2.75, 3.05) is 18.9 Å². The van der Waals surface area contributed by atoms with E-state index in [0.29, 0.717) is 6.54 Å². The van der Waals surface area contributed by atoms with E-state index in [0.717, 1.165) is 29.3 Å². The molecule has 116 valence electrons. The van der Waals surface area contributed by atoms with Crippen LogP contribution in [-0.4, -0.2) is 24.4 Å². The van der Waals surface area contributed by atoms with Crippen LogP contribution in [0.15, 0.2) is 42.5 Å². The molecule has 0 saturated heterocycles. The van der Waals surface area contributed by atoms with Gasteiger partial charge in [-0.05, 0) is 37.2 Å². The van der Waals surface area contributed by atoms with Crippen LogP contribution in [0.4, 0.5) is 14.5 Å². The third-order valence-corrected chi connectivity index (χ3v) is 3.32. The van der Waals surface area contributed by atoms with Gasteiger partial charge in [-0.3, -0.25) is 9.69 Å². The zero-order chi connectivity index (χ0) is 16.1. The predicted molar refractivity (Wildman–Crippen MR) is 82.5 cm³/mol. The number of rotatable bonds is 5. The minimum atomic E-state index is -0.656. The first-order valence-corrected chi connectivity index (χ1v) is 6.93. The lowest BCUT2D eigenvalue weighted by molar-refractivity contribution is -0.117. The number of carbonyl (C=O) groups excluding carboxylic acids is 1. The van der Waals surface area contributed by atoms with Crippen molar-refractivity contribution < 1.29 is 13.6 Å². The van der Waals surface area contributed by atoms with E-state index in [1.807, 2.05) is 36.1 Å². The van der Waals surface area contributed by atoms with Crippen molar-refractivity contribution in [1.29, 1.82) is 0 Å². The summed E-state index contributed by atoms with van der Waals surface area (Å²) in [6.45, 7) is 2.70. The average molecular weight is 304 g/mol. The van der Waals surface area contributed by atoms with Crippen molar-refractivity contribution >= 4 is 11.6 Å². The van der Waals surface area contributed by atoms with Crippen LogP contribution in [0, 0.1) is 18.6 Å². The summed E-state index contributed by atoms with van der Waals surface area (Å²) in [5.74, 6) is -1.64. The zero-order valence-electron chi connectivity index (χ0n) is 12.6. The topological polar surface area (TPSA) is 32.3 Å². The maximum Gasteiger partial charge on any atom is 0.238 e. The Morgan fingerprint density at radius 1 is 1.18 bits per heavy atom. The molecule has 0 bridgehead atoms.